The first-order chi connectivity index (χ1) is 7.63. The van der Waals surface area contributed by atoms with E-state index >= 15 is 0 Å². The standard InChI is InChI=1S/C8H7F2N3S.C2H6/c1-12-5-3(9)2-4(10)7-6(5)13-8(11)14-7;1-2/h2,12H,1H3,(H2,11,13);1-2H3. The lowest BCUT2D eigenvalue weighted by Gasteiger charge is -2.02. The minimum absolute atomic E-state index is 0.175. The van der Waals surface area contributed by atoms with Crippen molar-refractivity contribution in [3.63, 3.8) is 0 Å². The average molecular weight is 245 g/mol. The zero-order valence-electron chi connectivity index (χ0n) is 9.27. The molecule has 1 aromatic heterocycles. The maximum absolute atomic E-state index is 13.2. The van der Waals surface area contributed by atoms with Gasteiger partial charge in [-0.3, -0.25) is 0 Å². The third kappa shape index (κ3) is 2.06. The number of thiazole rings is 1. The highest BCUT2D eigenvalue weighted by Gasteiger charge is 2.15. The molecule has 0 fully saturated rings. The van der Waals surface area contributed by atoms with Crippen molar-refractivity contribution in [3.05, 3.63) is 17.7 Å². The second kappa shape index (κ2) is 5.07. The van der Waals surface area contributed by atoms with Crippen molar-refractivity contribution in [3.8, 4) is 0 Å². The Morgan fingerprint density at radius 2 is 1.94 bits per heavy atom. The molecule has 2 aromatic rings. The molecule has 0 spiro atoms. The summed E-state index contributed by atoms with van der Waals surface area (Å²) in [4.78, 5) is 3.86. The van der Waals surface area contributed by atoms with Gasteiger partial charge in [0.2, 0.25) is 0 Å². The number of rotatable bonds is 1. The Kier molecular flexibility index (Phi) is 4.00. The molecule has 0 amide bonds. The summed E-state index contributed by atoms with van der Waals surface area (Å²) in [6, 6.07) is 0.825. The average Bonchev–Trinajstić information content (AvgIpc) is 2.64. The van der Waals surface area contributed by atoms with E-state index in [1.54, 1.807) is 7.05 Å². The lowest BCUT2D eigenvalue weighted by Crippen LogP contribution is -1.95. The highest BCUT2D eigenvalue weighted by molar-refractivity contribution is 7.22. The molecule has 6 heteroatoms. The molecule has 3 nitrogen and oxygen atoms in total. The maximum Gasteiger partial charge on any atom is 0.181 e. The largest absolute Gasteiger partial charge is 0.384 e. The number of fused-ring (bicyclic) bond motifs is 1. The number of nitrogen functional groups attached to an aromatic ring is 1. The molecule has 0 bridgehead atoms. The van der Waals surface area contributed by atoms with Crippen LogP contribution in [0.4, 0.5) is 19.6 Å². The van der Waals surface area contributed by atoms with E-state index in [9.17, 15) is 8.78 Å². The second-order valence-electron chi connectivity index (χ2n) is 2.70. The van der Waals surface area contributed by atoms with Crippen molar-refractivity contribution in [1.82, 2.24) is 4.98 Å². The summed E-state index contributed by atoms with van der Waals surface area (Å²) < 4.78 is 26.7. The summed E-state index contributed by atoms with van der Waals surface area (Å²) >= 11 is 1.00. The van der Waals surface area contributed by atoms with Crippen LogP contribution in [0.25, 0.3) is 10.2 Å². The molecule has 0 unspecified atom stereocenters. The third-order valence-electron chi connectivity index (χ3n) is 1.84. The highest BCUT2D eigenvalue weighted by Crippen LogP contribution is 2.33. The molecule has 0 saturated carbocycles. The van der Waals surface area contributed by atoms with E-state index in [1.165, 1.54) is 0 Å². The van der Waals surface area contributed by atoms with Crippen LogP contribution in [0.2, 0.25) is 0 Å². The fourth-order valence-electron chi connectivity index (χ4n) is 1.27. The van der Waals surface area contributed by atoms with Gasteiger partial charge in [0.25, 0.3) is 0 Å². The van der Waals surface area contributed by atoms with Crippen LogP contribution >= 0.6 is 11.3 Å². The summed E-state index contributed by atoms with van der Waals surface area (Å²) in [5.74, 6) is -1.30. The van der Waals surface area contributed by atoms with Gasteiger partial charge in [0.1, 0.15) is 11.3 Å². The lowest BCUT2D eigenvalue weighted by atomic mass is 10.2. The summed E-state index contributed by atoms with van der Waals surface area (Å²) in [6.45, 7) is 4.00. The molecule has 0 saturated heterocycles. The molecule has 3 N–H and O–H groups in total. The zero-order chi connectivity index (χ0) is 12.3. The number of nitrogens with two attached hydrogens (primary N) is 1. The van der Waals surface area contributed by atoms with Gasteiger partial charge in [-0.05, 0) is 0 Å². The zero-order valence-corrected chi connectivity index (χ0v) is 10.1. The molecule has 1 heterocycles. The SMILES string of the molecule is CC.CNc1c(F)cc(F)c2sc(N)nc12. The van der Waals surface area contributed by atoms with Gasteiger partial charge < -0.3 is 11.1 Å². The van der Waals surface area contributed by atoms with Crippen LogP contribution in [-0.2, 0) is 0 Å². The molecule has 88 valence electrons. The Morgan fingerprint density at radius 3 is 2.50 bits per heavy atom. The minimum atomic E-state index is -0.664. The van der Waals surface area contributed by atoms with Gasteiger partial charge in [-0.25, -0.2) is 13.8 Å². The van der Waals surface area contributed by atoms with Crippen molar-refractivity contribution in [1.29, 1.82) is 0 Å². The van der Waals surface area contributed by atoms with Gasteiger partial charge in [-0.2, -0.15) is 0 Å². The molecule has 0 aliphatic carbocycles. The van der Waals surface area contributed by atoms with Gasteiger partial charge in [0.15, 0.2) is 10.9 Å². The predicted octanol–water partition coefficient (Wildman–Crippen LogP) is 3.22. The fourth-order valence-corrected chi connectivity index (χ4v) is 2.01. The van der Waals surface area contributed by atoms with E-state index in [0.29, 0.717) is 0 Å². The first-order valence-corrected chi connectivity index (χ1v) is 5.67. The molecule has 0 aliphatic heterocycles. The number of nitrogens with one attached hydrogen (secondary N) is 1. The second-order valence-corrected chi connectivity index (χ2v) is 3.73. The van der Waals surface area contributed by atoms with E-state index < -0.39 is 11.6 Å². The van der Waals surface area contributed by atoms with Crippen LogP contribution in [0.3, 0.4) is 0 Å². The van der Waals surface area contributed by atoms with Gasteiger partial charge >= 0.3 is 0 Å². The lowest BCUT2D eigenvalue weighted by molar-refractivity contribution is 0.595. The van der Waals surface area contributed by atoms with Crippen molar-refractivity contribution >= 4 is 32.4 Å². The van der Waals surface area contributed by atoms with Crippen LogP contribution in [-0.4, -0.2) is 12.0 Å². The number of halogens is 2. The van der Waals surface area contributed by atoms with E-state index in [1.807, 2.05) is 13.8 Å². The first-order valence-electron chi connectivity index (χ1n) is 4.85. The Bertz CT molecular complexity index is 496. The van der Waals surface area contributed by atoms with E-state index in [4.69, 9.17) is 5.73 Å². The van der Waals surface area contributed by atoms with Crippen molar-refractivity contribution in [2.75, 3.05) is 18.1 Å². The minimum Gasteiger partial charge on any atom is -0.384 e. The van der Waals surface area contributed by atoms with Crippen molar-refractivity contribution < 1.29 is 8.78 Å². The molecule has 1 aromatic carbocycles. The Balaban J connectivity index is 0.000000606. The Hall–Kier alpha value is -1.43. The number of aromatic nitrogens is 1. The molecular formula is C10H13F2N3S. The highest BCUT2D eigenvalue weighted by atomic mass is 32.1. The first kappa shape index (κ1) is 12.6. The van der Waals surface area contributed by atoms with Crippen LogP contribution in [0.1, 0.15) is 13.8 Å². The molecule has 0 atom stereocenters. The maximum atomic E-state index is 13.2. The van der Waals surface area contributed by atoms with Crippen LogP contribution in [0, 0.1) is 11.6 Å². The number of anilines is 2. The Labute approximate surface area is 96.3 Å². The smallest absolute Gasteiger partial charge is 0.181 e. The number of hydrogen-bond donors (Lipinski definition) is 2. The van der Waals surface area contributed by atoms with Crippen molar-refractivity contribution in [2.45, 2.75) is 13.8 Å². The number of hydrogen-bond acceptors (Lipinski definition) is 4. The van der Waals surface area contributed by atoms with E-state index in [-0.39, 0.29) is 21.0 Å². The third-order valence-corrected chi connectivity index (χ3v) is 2.73. The summed E-state index contributed by atoms with van der Waals surface area (Å²) in [5.41, 5.74) is 5.84. The van der Waals surface area contributed by atoms with Gasteiger partial charge in [0, 0.05) is 13.1 Å². The predicted molar refractivity (Wildman–Crippen MR) is 64.8 cm³/mol. The van der Waals surface area contributed by atoms with Crippen LogP contribution < -0.4 is 11.1 Å². The summed E-state index contributed by atoms with van der Waals surface area (Å²) in [7, 11) is 1.55. The van der Waals surface area contributed by atoms with Crippen molar-refractivity contribution in [2.24, 2.45) is 0 Å². The van der Waals surface area contributed by atoms with Crippen LogP contribution in [0.5, 0.6) is 0 Å². The van der Waals surface area contributed by atoms with Gasteiger partial charge in [-0.15, -0.1) is 0 Å². The summed E-state index contributed by atoms with van der Waals surface area (Å²) in [5, 5.41) is 2.85. The van der Waals surface area contributed by atoms with Gasteiger partial charge in [-0.1, -0.05) is 25.2 Å². The van der Waals surface area contributed by atoms with Gasteiger partial charge in [0.05, 0.1) is 10.4 Å². The fraction of sp³-hybridized carbons (Fsp3) is 0.300. The molecule has 0 aliphatic rings. The normalized spacial score (nSPS) is 9.81. The van der Waals surface area contributed by atoms with E-state index in [0.717, 1.165) is 17.4 Å². The van der Waals surface area contributed by atoms with Crippen LogP contribution in [0.15, 0.2) is 6.07 Å². The number of benzene rings is 1. The number of nitrogens with zero attached hydrogens (tertiary/aromatic N) is 1. The molecular weight excluding hydrogens is 232 g/mol. The monoisotopic (exact) mass is 245 g/mol. The molecule has 2 rings (SSSR count). The topological polar surface area (TPSA) is 50.9 Å². The van der Waals surface area contributed by atoms with E-state index in [2.05, 4.69) is 10.3 Å². The summed E-state index contributed by atoms with van der Waals surface area (Å²) in [6.07, 6.45) is 0. The quantitative estimate of drug-likeness (QED) is 0.811. The Morgan fingerprint density at radius 1 is 1.31 bits per heavy atom. The molecule has 0 radical (unpaired) electrons. The molecule has 16 heavy (non-hydrogen) atoms.